The largest absolute Gasteiger partial charge is 0.393 e. The first-order valence-corrected chi connectivity index (χ1v) is 10.3. The van der Waals surface area contributed by atoms with E-state index in [9.17, 15) is 9.50 Å². The number of halogens is 2. The van der Waals surface area contributed by atoms with Gasteiger partial charge < -0.3 is 10.0 Å². The predicted octanol–water partition coefficient (Wildman–Crippen LogP) is 3.58. The number of aromatic nitrogens is 1. The summed E-state index contributed by atoms with van der Waals surface area (Å²) >= 11 is 3.48. The number of aliphatic hydroxyl groups is 1. The highest BCUT2D eigenvalue weighted by atomic mass is 79.9. The van der Waals surface area contributed by atoms with Crippen LogP contribution in [0.15, 0.2) is 16.7 Å². The lowest BCUT2D eigenvalue weighted by Gasteiger charge is -2.42. The van der Waals surface area contributed by atoms with E-state index in [1.54, 1.807) is 0 Å². The molecule has 4 rings (SSSR count). The van der Waals surface area contributed by atoms with Crippen molar-refractivity contribution in [2.24, 2.45) is 5.41 Å². The lowest BCUT2D eigenvalue weighted by Crippen LogP contribution is -2.46. The number of anilines is 1. The zero-order chi connectivity index (χ0) is 17.4. The van der Waals surface area contributed by atoms with Crippen LogP contribution >= 0.6 is 15.9 Å². The first kappa shape index (κ1) is 17.7. The molecule has 1 aliphatic carbocycles. The van der Waals surface area contributed by atoms with Gasteiger partial charge in [0, 0.05) is 31.1 Å². The van der Waals surface area contributed by atoms with Crippen molar-refractivity contribution in [3.8, 4) is 0 Å². The molecule has 138 valence electrons. The molecule has 0 radical (unpaired) electrons. The second-order valence-electron chi connectivity index (χ2n) is 8.17. The number of hydrogen-bond donors (Lipinski definition) is 1. The van der Waals surface area contributed by atoms with Crippen LogP contribution in [0.1, 0.15) is 44.9 Å². The number of aliphatic hydroxyl groups excluding tert-OH is 1. The smallest absolute Gasteiger partial charge is 0.143 e. The predicted molar refractivity (Wildman–Crippen MR) is 100 cm³/mol. The maximum atomic E-state index is 13.4. The third-order valence-corrected chi connectivity index (χ3v) is 6.98. The molecule has 3 fully saturated rings. The van der Waals surface area contributed by atoms with E-state index in [-0.39, 0.29) is 11.9 Å². The molecule has 0 aromatic carbocycles. The van der Waals surface area contributed by atoms with Gasteiger partial charge in [-0.25, -0.2) is 9.37 Å². The molecule has 6 heteroatoms. The van der Waals surface area contributed by atoms with Gasteiger partial charge in [-0.3, -0.25) is 4.90 Å². The number of hydrogen-bond acceptors (Lipinski definition) is 4. The van der Waals surface area contributed by atoms with Gasteiger partial charge in [0.25, 0.3) is 0 Å². The fraction of sp³-hybridized carbons (Fsp3) is 0.737. The molecule has 2 saturated heterocycles. The maximum Gasteiger partial charge on any atom is 0.143 e. The van der Waals surface area contributed by atoms with Crippen LogP contribution in [-0.2, 0) is 0 Å². The topological polar surface area (TPSA) is 39.6 Å². The molecule has 4 nitrogen and oxygen atoms in total. The summed E-state index contributed by atoms with van der Waals surface area (Å²) in [6.07, 6.45) is 9.07. The summed E-state index contributed by atoms with van der Waals surface area (Å²) in [6, 6.07) is 2.16. The van der Waals surface area contributed by atoms with Gasteiger partial charge >= 0.3 is 0 Å². The third kappa shape index (κ3) is 3.71. The van der Waals surface area contributed by atoms with Gasteiger partial charge in [-0.15, -0.1) is 0 Å². The molecule has 1 aromatic heterocycles. The number of nitrogens with zero attached hydrogens (tertiary/aromatic N) is 3. The SMILES string of the molecule is OC1CCC(N2CCC3(CCCN(c4ncc(F)cc4Br)C3)C2)CC1. The average molecular weight is 412 g/mol. The molecule has 0 amide bonds. The summed E-state index contributed by atoms with van der Waals surface area (Å²) in [6.45, 7) is 4.33. The highest BCUT2D eigenvalue weighted by Crippen LogP contribution is 2.42. The van der Waals surface area contributed by atoms with Crippen LogP contribution in [0.25, 0.3) is 0 Å². The van der Waals surface area contributed by atoms with E-state index in [1.165, 1.54) is 38.1 Å². The van der Waals surface area contributed by atoms with Crippen molar-refractivity contribution in [2.75, 3.05) is 31.1 Å². The van der Waals surface area contributed by atoms with Gasteiger partial charge in [0.15, 0.2) is 0 Å². The first-order valence-electron chi connectivity index (χ1n) is 9.53. The van der Waals surface area contributed by atoms with Gasteiger partial charge in [0.2, 0.25) is 0 Å². The number of rotatable bonds is 2. The van der Waals surface area contributed by atoms with Crippen molar-refractivity contribution in [3.63, 3.8) is 0 Å². The van der Waals surface area contributed by atoms with E-state index >= 15 is 0 Å². The Bertz CT molecular complexity index is 623. The monoisotopic (exact) mass is 411 g/mol. The normalized spacial score (nSPS) is 34.0. The van der Waals surface area contributed by atoms with Crippen LogP contribution in [-0.4, -0.2) is 53.3 Å². The Morgan fingerprint density at radius 1 is 1.16 bits per heavy atom. The van der Waals surface area contributed by atoms with E-state index in [2.05, 4.69) is 30.7 Å². The van der Waals surface area contributed by atoms with E-state index in [0.717, 1.165) is 55.6 Å². The van der Waals surface area contributed by atoms with E-state index in [4.69, 9.17) is 0 Å². The minimum atomic E-state index is -0.297. The van der Waals surface area contributed by atoms with Gasteiger partial charge in [0.1, 0.15) is 11.6 Å². The first-order chi connectivity index (χ1) is 12.0. The summed E-state index contributed by atoms with van der Waals surface area (Å²) in [5.41, 5.74) is 0.337. The van der Waals surface area contributed by atoms with E-state index in [1.807, 2.05) is 0 Å². The quantitative estimate of drug-likeness (QED) is 0.806. The van der Waals surface area contributed by atoms with Crippen molar-refractivity contribution in [2.45, 2.75) is 57.1 Å². The molecule has 3 aliphatic rings. The summed E-state index contributed by atoms with van der Waals surface area (Å²) in [5, 5.41) is 9.75. The molecule has 1 aromatic rings. The zero-order valence-corrected chi connectivity index (χ0v) is 16.2. The maximum absolute atomic E-state index is 13.4. The standard InChI is InChI=1S/C19H27BrFN3O/c20-17-10-14(21)11-22-18(17)24-8-1-6-19(13-24)7-9-23(12-19)15-2-4-16(25)5-3-15/h10-11,15-16,25H,1-9,12-13H2. The van der Waals surface area contributed by atoms with E-state index < -0.39 is 0 Å². The number of likely N-dealkylation sites (tertiary alicyclic amines) is 1. The van der Waals surface area contributed by atoms with Crippen LogP contribution in [0.3, 0.4) is 0 Å². The van der Waals surface area contributed by atoms with Gasteiger partial charge in [0.05, 0.1) is 16.8 Å². The second-order valence-corrected chi connectivity index (χ2v) is 9.02. The Morgan fingerprint density at radius 2 is 1.96 bits per heavy atom. The molecule has 25 heavy (non-hydrogen) atoms. The minimum Gasteiger partial charge on any atom is -0.393 e. The van der Waals surface area contributed by atoms with E-state index in [0.29, 0.717) is 11.5 Å². The highest BCUT2D eigenvalue weighted by molar-refractivity contribution is 9.10. The van der Waals surface area contributed by atoms with Crippen molar-refractivity contribution in [1.29, 1.82) is 0 Å². The Hall–Kier alpha value is -0.720. The molecule has 1 spiro atoms. The Labute approximate surface area is 157 Å². The molecule has 1 atom stereocenters. The summed E-state index contributed by atoms with van der Waals surface area (Å²) in [5.74, 6) is 0.577. The molecule has 1 unspecified atom stereocenters. The molecule has 1 N–H and O–H groups in total. The summed E-state index contributed by atoms with van der Waals surface area (Å²) in [4.78, 5) is 9.34. The van der Waals surface area contributed by atoms with Crippen LogP contribution < -0.4 is 4.90 Å². The van der Waals surface area contributed by atoms with Crippen molar-refractivity contribution in [1.82, 2.24) is 9.88 Å². The molecular formula is C19H27BrFN3O. The van der Waals surface area contributed by atoms with Crippen LogP contribution in [0.5, 0.6) is 0 Å². The van der Waals surface area contributed by atoms with Gasteiger partial charge in [-0.2, -0.15) is 0 Å². The Balaban J connectivity index is 1.44. The Morgan fingerprint density at radius 3 is 2.72 bits per heavy atom. The molecule has 2 aliphatic heterocycles. The highest BCUT2D eigenvalue weighted by Gasteiger charge is 2.44. The minimum absolute atomic E-state index is 0.0834. The second kappa shape index (κ2) is 7.12. The fourth-order valence-corrected chi connectivity index (χ4v) is 5.64. The lowest BCUT2D eigenvalue weighted by molar-refractivity contribution is 0.0770. The number of piperidine rings is 1. The molecule has 1 saturated carbocycles. The van der Waals surface area contributed by atoms with Gasteiger partial charge in [-0.1, -0.05) is 0 Å². The Kier molecular flexibility index (Phi) is 5.04. The molecular weight excluding hydrogens is 385 g/mol. The van der Waals surface area contributed by atoms with Crippen molar-refractivity contribution < 1.29 is 9.50 Å². The van der Waals surface area contributed by atoms with Gasteiger partial charge in [-0.05, 0) is 73.5 Å². The van der Waals surface area contributed by atoms with Crippen LogP contribution in [0.4, 0.5) is 10.2 Å². The molecule has 0 bridgehead atoms. The van der Waals surface area contributed by atoms with Crippen molar-refractivity contribution in [3.05, 3.63) is 22.6 Å². The zero-order valence-electron chi connectivity index (χ0n) is 14.6. The molecule has 3 heterocycles. The third-order valence-electron chi connectivity index (χ3n) is 6.40. The lowest BCUT2D eigenvalue weighted by atomic mass is 9.79. The van der Waals surface area contributed by atoms with Crippen LogP contribution in [0.2, 0.25) is 0 Å². The van der Waals surface area contributed by atoms with Crippen LogP contribution in [0, 0.1) is 11.2 Å². The fourth-order valence-electron chi connectivity index (χ4n) is 5.07. The van der Waals surface area contributed by atoms with Crippen molar-refractivity contribution >= 4 is 21.7 Å². The average Bonchev–Trinajstić information content (AvgIpc) is 2.99. The summed E-state index contributed by atoms with van der Waals surface area (Å²) < 4.78 is 14.1. The summed E-state index contributed by atoms with van der Waals surface area (Å²) in [7, 11) is 0. The number of pyridine rings is 1.